The molecule has 0 aromatic carbocycles. The third-order valence-electron chi connectivity index (χ3n) is 3.61. The molecule has 1 fully saturated rings. The van der Waals surface area contributed by atoms with Gasteiger partial charge in [-0.1, -0.05) is 41.5 Å². The highest BCUT2D eigenvalue weighted by molar-refractivity contribution is 4.87. The van der Waals surface area contributed by atoms with E-state index in [2.05, 4.69) is 41.5 Å². The van der Waals surface area contributed by atoms with Crippen LogP contribution in [0, 0.1) is 22.7 Å². The molecule has 0 heteroatoms. The van der Waals surface area contributed by atoms with Crippen molar-refractivity contribution < 1.29 is 0 Å². The maximum absolute atomic E-state index is 2.43. The van der Waals surface area contributed by atoms with Gasteiger partial charge >= 0.3 is 0 Å². The molecule has 1 aliphatic rings. The molecule has 1 aliphatic carbocycles. The third kappa shape index (κ3) is 3.00. The minimum Gasteiger partial charge on any atom is -0.0625 e. The molecule has 0 radical (unpaired) electrons. The molecule has 0 heterocycles. The summed E-state index contributed by atoms with van der Waals surface area (Å²) in [4.78, 5) is 0. The van der Waals surface area contributed by atoms with Crippen molar-refractivity contribution in [1.29, 1.82) is 0 Å². The zero-order chi connectivity index (χ0) is 10.3. The maximum Gasteiger partial charge on any atom is -0.0349 e. The second-order valence-corrected chi connectivity index (χ2v) is 6.98. The van der Waals surface area contributed by atoms with E-state index in [-0.39, 0.29) is 0 Å². The Bertz CT molecular complexity index is 171. The Morgan fingerprint density at radius 1 is 1.08 bits per heavy atom. The van der Waals surface area contributed by atoms with Gasteiger partial charge in [-0.3, -0.25) is 0 Å². The van der Waals surface area contributed by atoms with E-state index in [1.54, 1.807) is 0 Å². The molecular weight excluding hydrogens is 156 g/mol. The van der Waals surface area contributed by atoms with Crippen LogP contribution in [0.5, 0.6) is 0 Å². The Hall–Kier alpha value is 0. The highest BCUT2D eigenvalue weighted by atomic mass is 14.4. The summed E-state index contributed by atoms with van der Waals surface area (Å²) in [6, 6.07) is 0. The summed E-state index contributed by atoms with van der Waals surface area (Å²) in [5.41, 5.74) is 1.08. The van der Waals surface area contributed by atoms with E-state index in [1.807, 2.05) is 0 Å². The van der Waals surface area contributed by atoms with Crippen LogP contribution in [0.1, 0.15) is 60.8 Å². The largest absolute Gasteiger partial charge is 0.0625 e. The summed E-state index contributed by atoms with van der Waals surface area (Å²) in [5, 5.41) is 0. The first-order valence-electron chi connectivity index (χ1n) is 5.71. The minimum atomic E-state index is 0.506. The van der Waals surface area contributed by atoms with Gasteiger partial charge in [-0.25, -0.2) is 0 Å². The van der Waals surface area contributed by atoms with Crippen LogP contribution in [0.4, 0.5) is 0 Å². The molecule has 78 valence electrons. The molecule has 0 bridgehead atoms. The smallest absolute Gasteiger partial charge is 0.0349 e. The van der Waals surface area contributed by atoms with Crippen LogP contribution < -0.4 is 0 Å². The summed E-state index contributed by atoms with van der Waals surface area (Å²) >= 11 is 0. The van der Waals surface area contributed by atoms with Gasteiger partial charge in [-0.15, -0.1) is 0 Å². The van der Waals surface area contributed by atoms with Gasteiger partial charge in [0.15, 0.2) is 0 Å². The lowest BCUT2D eigenvalue weighted by atomic mass is 9.61. The molecule has 0 aromatic rings. The van der Waals surface area contributed by atoms with E-state index in [4.69, 9.17) is 0 Å². The Morgan fingerprint density at radius 3 is 2.00 bits per heavy atom. The van der Waals surface area contributed by atoms with Gasteiger partial charge in [0, 0.05) is 0 Å². The van der Waals surface area contributed by atoms with Crippen molar-refractivity contribution in [3.8, 4) is 0 Å². The fourth-order valence-corrected chi connectivity index (χ4v) is 3.01. The quantitative estimate of drug-likeness (QED) is 0.517. The summed E-state index contributed by atoms with van der Waals surface area (Å²) < 4.78 is 0. The molecule has 0 spiro atoms. The molecule has 1 saturated carbocycles. The third-order valence-corrected chi connectivity index (χ3v) is 3.61. The zero-order valence-corrected chi connectivity index (χ0v) is 10.3. The molecule has 0 aliphatic heterocycles. The van der Waals surface area contributed by atoms with Crippen LogP contribution in [0.15, 0.2) is 0 Å². The SMILES string of the molecule is CC1CC(C(C)(C)C)CC(C)(C)C1. The Kier molecular flexibility index (Phi) is 2.81. The predicted molar refractivity (Wildman–Crippen MR) is 59.7 cm³/mol. The van der Waals surface area contributed by atoms with Crippen LogP contribution in [0.2, 0.25) is 0 Å². The molecule has 0 aromatic heterocycles. The number of hydrogen-bond acceptors (Lipinski definition) is 0. The molecule has 1 rings (SSSR count). The monoisotopic (exact) mass is 182 g/mol. The molecule has 2 atom stereocenters. The van der Waals surface area contributed by atoms with E-state index in [0.717, 1.165) is 11.8 Å². The van der Waals surface area contributed by atoms with E-state index in [0.29, 0.717) is 10.8 Å². The number of rotatable bonds is 0. The van der Waals surface area contributed by atoms with Crippen molar-refractivity contribution in [3.05, 3.63) is 0 Å². The van der Waals surface area contributed by atoms with Crippen LogP contribution in [-0.4, -0.2) is 0 Å². The van der Waals surface area contributed by atoms with Crippen LogP contribution in [-0.2, 0) is 0 Å². The van der Waals surface area contributed by atoms with Crippen molar-refractivity contribution in [2.45, 2.75) is 60.8 Å². The lowest BCUT2D eigenvalue weighted by Crippen LogP contribution is -2.34. The summed E-state index contributed by atoms with van der Waals surface area (Å²) in [6.45, 7) is 14.5. The van der Waals surface area contributed by atoms with Gasteiger partial charge in [-0.05, 0) is 41.9 Å². The van der Waals surface area contributed by atoms with Crippen LogP contribution in [0.25, 0.3) is 0 Å². The molecular formula is C13H26. The van der Waals surface area contributed by atoms with Crippen molar-refractivity contribution in [2.24, 2.45) is 22.7 Å². The van der Waals surface area contributed by atoms with Gasteiger partial charge < -0.3 is 0 Å². The van der Waals surface area contributed by atoms with Gasteiger partial charge in [-0.2, -0.15) is 0 Å². The Labute approximate surface area is 84.1 Å². The molecule has 0 nitrogen and oxygen atoms in total. The van der Waals surface area contributed by atoms with Crippen molar-refractivity contribution in [3.63, 3.8) is 0 Å². The van der Waals surface area contributed by atoms with Crippen molar-refractivity contribution in [1.82, 2.24) is 0 Å². The van der Waals surface area contributed by atoms with E-state index >= 15 is 0 Å². The topological polar surface area (TPSA) is 0 Å². The molecule has 2 unspecified atom stereocenters. The van der Waals surface area contributed by atoms with Crippen LogP contribution >= 0.6 is 0 Å². The lowest BCUT2D eigenvalue weighted by molar-refractivity contribution is 0.0634. The standard InChI is InChI=1S/C13H26/c1-10-7-11(12(2,3)4)9-13(5,6)8-10/h10-11H,7-9H2,1-6H3. The first-order chi connectivity index (χ1) is 5.71. The predicted octanol–water partition coefficient (Wildman–Crippen LogP) is 4.49. The second-order valence-electron chi connectivity index (χ2n) is 6.98. The van der Waals surface area contributed by atoms with Gasteiger partial charge in [0.25, 0.3) is 0 Å². The highest BCUT2D eigenvalue weighted by Crippen LogP contribution is 2.47. The summed E-state index contributed by atoms with van der Waals surface area (Å²) in [6.07, 6.45) is 4.27. The maximum atomic E-state index is 2.43. The average Bonchev–Trinajstić information content (AvgIpc) is 1.79. The zero-order valence-electron chi connectivity index (χ0n) is 10.3. The summed E-state index contributed by atoms with van der Waals surface area (Å²) in [7, 11) is 0. The van der Waals surface area contributed by atoms with Gasteiger partial charge in [0.1, 0.15) is 0 Å². The van der Waals surface area contributed by atoms with E-state index < -0.39 is 0 Å². The molecule has 0 N–H and O–H groups in total. The lowest BCUT2D eigenvalue weighted by Gasteiger charge is -2.44. The van der Waals surface area contributed by atoms with Crippen LogP contribution in [0.3, 0.4) is 0 Å². The minimum absolute atomic E-state index is 0.506. The van der Waals surface area contributed by atoms with Gasteiger partial charge in [0.2, 0.25) is 0 Å². The fourth-order valence-electron chi connectivity index (χ4n) is 3.01. The first kappa shape index (κ1) is 11.1. The Balaban J connectivity index is 2.69. The molecule has 13 heavy (non-hydrogen) atoms. The van der Waals surface area contributed by atoms with Gasteiger partial charge in [0.05, 0.1) is 0 Å². The van der Waals surface area contributed by atoms with Crippen molar-refractivity contribution >= 4 is 0 Å². The summed E-state index contributed by atoms with van der Waals surface area (Å²) in [5.74, 6) is 1.85. The number of hydrogen-bond donors (Lipinski definition) is 0. The Morgan fingerprint density at radius 2 is 1.62 bits per heavy atom. The van der Waals surface area contributed by atoms with Crippen molar-refractivity contribution in [2.75, 3.05) is 0 Å². The first-order valence-corrected chi connectivity index (χ1v) is 5.71. The fraction of sp³-hybridized carbons (Fsp3) is 1.00. The highest BCUT2D eigenvalue weighted by Gasteiger charge is 2.37. The molecule has 0 amide bonds. The molecule has 0 saturated heterocycles. The average molecular weight is 182 g/mol. The normalized spacial score (nSPS) is 34.6. The van der Waals surface area contributed by atoms with E-state index in [9.17, 15) is 0 Å². The van der Waals surface area contributed by atoms with E-state index in [1.165, 1.54) is 19.3 Å². The second kappa shape index (κ2) is 3.29.